The fourth-order valence-electron chi connectivity index (χ4n) is 1.09. The van der Waals surface area contributed by atoms with Crippen LogP contribution in [0.5, 0.6) is 0 Å². The van der Waals surface area contributed by atoms with Crippen LogP contribution in [0.25, 0.3) is 0 Å². The molecule has 19 heavy (non-hydrogen) atoms. The zero-order chi connectivity index (χ0) is 14.6. The standard InChI is InChI=1S/C9H5Br2FN4O2S/c1-19-9(14-3-13)15-8-5(16(17)18)2-4(10)7(12)6(8)11/h2H,1H3,(H,14,15). The second-order valence-electron chi connectivity index (χ2n) is 2.97. The van der Waals surface area contributed by atoms with Gasteiger partial charge in [0.05, 0.1) is 13.9 Å². The maximum Gasteiger partial charge on any atom is 0.297 e. The molecule has 0 amide bonds. The van der Waals surface area contributed by atoms with Crippen molar-refractivity contribution in [1.29, 1.82) is 5.26 Å². The van der Waals surface area contributed by atoms with Crippen molar-refractivity contribution in [3.05, 3.63) is 30.9 Å². The smallest absolute Gasteiger partial charge is 0.271 e. The van der Waals surface area contributed by atoms with Crippen molar-refractivity contribution in [3.8, 4) is 6.19 Å². The van der Waals surface area contributed by atoms with Gasteiger partial charge in [-0.05, 0) is 38.1 Å². The quantitative estimate of drug-likeness (QED) is 0.152. The Labute approximate surface area is 128 Å². The number of nitriles is 1. The Kier molecular flexibility index (Phi) is 5.71. The molecule has 1 aromatic rings. The highest BCUT2D eigenvalue weighted by Gasteiger charge is 2.23. The van der Waals surface area contributed by atoms with Crippen molar-refractivity contribution in [2.75, 3.05) is 6.26 Å². The number of nitrogens with zero attached hydrogens (tertiary/aromatic N) is 3. The summed E-state index contributed by atoms with van der Waals surface area (Å²) in [5.74, 6) is -0.707. The summed E-state index contributed by atoms with van der Waals surface area (Å²) >= 11 is 6.87. The molecule has 0 bridgehead atoms. The fourth-order valence-corrected chi connectivity index (χ4v) is 2.61. The maximum absolute atomic E-state index is 13.7. The minimum atomic E-state index is -0.707. The van der Waals surface area contributed by atoms with E-state index in [0.29, 0.717) is 0 Å². The first-order valence-corrected chi connectivity index (χ1v) is 7.33. The second kappa shape index (κ2) is 6.83. The van der Waals surface area contributed by atoms with Gasteiger partial charge in [-0.2, -0.15) is 5.26 Å². The molecule has 1 rings (SSSR count). The van der Waals surface area contributed by atoms with E-state index in [1.165, 1.54) is 0 Å². The molecule has 0 aliphatic rings. The van der Waals surface area contributed by atoms with Crippen LogP contribution in [0.4, 0.5) is 15.8 Å². The van der Waals surface area contributed by atoms with Gasteiger partial charge in [0.2, 0.25) is 0 Å². The third kappa shape index (κ3) is 3.65. The topological polar surface area (TPSA) is 91.3 Å². The first kappa shape index (κ1) is 15.9. The molecule has 1 N–H and O–H groups in total. The third-order valence-corrected chi connectivity index (χ3v) is 3.76. The fraction of sp³-hybridized carbons (Fsp3) is 0.111. The lowest BCUT2D eigenvalue weighted by molar-refractivity contribution is -0.384. The van der Waals surface area contributed by atoms with Gasteiger partial charge >= 0.3 is 0 Å². The lowest BCUT2D eigenvalue weighted by Crippen LogP contribution is -2.12. The number of benzene rings is 1. The molecular formula is C9H5Br2FN4O2S. The van der Waals surface area contributed by atoms with E-state index in [2.05, 4.69) is 42.2 Å². The number of thioether (sulfide) groups is 1. The van der Waals surface area contributed by atoms with Crippen molar-refractivity contribution in [3.63, 3.8) is 0 Å². The Morgan fingerprint density at radius 2 is 2.32 bits per heavy atom. The number of rotatable bonds is 2. The van der Waals surface area contributed by atoms with E-state index in [4.69, 9.17) is 5.26 Å². The lowest BCUT2D eigenvalue weighted by Gasteiger charge is -2.05. The van der Waals surface area contributed by atoms with Gasteiger partial charge in [0.15, 0.2) is 22.9 Å². The monoisotopic (exact) mass is 410 g/mol. The highest BCUT2D eigenvalue weighted by Crippen LogP contribution is 2.41. The molecular weight excluding hydrogens is 407 g/mol. The normalized spacial score (nSPS) is 11.0. The number of nitro groups is 1. The van der Waals surface area contributed by atoms with E-state index in [-0.39, 0.29) is 25.5 Å². The molecule has 0 saturated carbocycles. The SMILES string of the molecule is CSC(=Nc1c([N+](=O)[O-])cc(Br)c(F)c1Br)NC#N. The highest BCUT2D eigenvalue weighted by atomic mass is 79.9. The largest absolute Gasteiger partial charge is 0.297 e. The Balaban J connectivity index is 3.53. The van der Waals surface area contributed by atoms with Crippen molar-refractivity contribution < 1.29 is 9.31 Å². The van der Waals surface area contributed by atoms with Gasteiger partial charge in [-0.1, -0.05) is 11.8 Å². The summed E-state index contributed by atoms with van der Waals surface area (Å²) in [5, 5.41) is 21.8. The molecule has 0 aliphatic carbocycles. The third-order valence-electron chi connectivity index (χ3n) is 1.88. The molecule has 0 aliphatic heterocycles. The first-order chi connectivity index (χ1) is 8.92. The van der Waals surface area contributed by atoms with Crippen LogP contribution in [0, 0.1) is 27.4 Å². The summed E-state index contributed by atoms with van der Waals surface area (Å²) in [6, 6.07) is 1.02. The van der Waals surface area contributed by atoms with Crippen LogP contribution in [0.15, 0.2) is 20.0 Å². The number of nitrogens with one attached hydrogen (secondary N) is 1. The zero-order valence-corrected chi connectivity index (χ0v) is 13.3. The number of aliphatic imine (C=N–C) groups is 1. The molecule has 0 radical (unpaired) electrons. The molecule has 6 nitrogen and oxygen atoms in total. The van der Waals surface area contributed by atoms with Gasteiger partial charge in [-0.3, -0.25) is 15.4 Å². The number of amidine groups is 1. The maximum atomic E-state index is 13.7. The molecule has 0 heterocycles. The Morgan fingerprint density at radius 1 is 1.68 bits per heavy atom. The molecule has 10 heteroatoms. The lowest BCUT2D eigenvalue weighted by atomic mass is 10.2. The van der Waals surface area contributed by atoms with Crippen LogP contribution in [0.1, 0.15) is 0 Å². The number of hydrogen-bond acceptors (Lipinski definition) is 5. The summed E-state index contributed by atoms with van der Waals surface area (Å²) < 4.78 is 13.5. The van der Waals surface area contributed by atoms with E-state index < -0.39 is 10.7 Å². The van der Waals surface area contributed by atoms with Crippen LogP contribution >= 0.6 is 43.6 Å². The van der Waals surface area contributed by atoms with Crippen molar-refractivity contribution in [1.82, 2.24) is 5.32 Å². The minimum absolute atomic E-state index is 0.0519. The summed E-state index contributed by atoms with van der Waals surface area (Å²) in [6.07, 6.45) is 3.27. The van der Waals surface area contributed by atoms with Crippen LogP contribution in [0.2, 0.25) is 0 Å². The highest BCUT2D eigenvalue weighted by molar-refractivity contribution is 9.11. The predicted octanol–water partition coefficient (Wildman–Crippen LogP) is 3.68. The van der Waals surface area contributed by atoms with E-state index in [9.17, 15) is 14.5 Å². The minimum Gasteiger partial charge on any atom is -0.271 e. The number of halogens is 3. The summed E-state index contributed by atoms with van der Waals surface area (Å²) in [6.45, 7) is 0. The Morgan fingerprint density at radius 3 is 2.79 bits per heavy atom. The summed E-state index contributed by atoms with van der Waals surface area (Å²) in [5.41, 5.74) is -0.579. The molecule has 0 aromatic heterocycles. The van der Waals surface area contributed by atoms with Gasteiger partial charge < -0.3 is 0 Å². The van der Waals surface area contributed by atoms with E-state index in [0.717, 1.165) is 17.8 Å². The average Bonchev–Trinajstić information content (AvgIpc) is 2.37. The molecule has 100 valence electrons. The first-order valence-electron chi connectivity index (χ1n) is 4.52. The van der Waals surface area contributed by atoms with E-state index in [1.807, 2.05) is 0 Å². The predicted molar refractivity (Wildman–Crippen MR) is 77.8 cm³/mol. The van der Waals surface area contributed by atoms with Crippen LogP contribution < -0.4 is 5.32 Å². The number of hydrogen-bond donors (Lipinski definition) is 1. The molecule has 0 unspecified atom stereocenters. The van der Waals surface area contributed by atoms with Crippen LogP contribution in [-0.4, -0.2) is 16.3 Å². The van der Waals surface area contributed by atoms with Gasteiger partial charge in [-0.15, -0.1) is 0 Å². The van der Waals surface area contributed by atoms with Gasteiger partial charge in [0, 0.05) is 6.07 Å². The summed E-state index contributed by atoms with van der Waals surface area (Å²) in [4.78, 5) is 14.1. The average molecular weight is 412 g/mol. The molecule has 0 spiro atoms. The van der Waals surface area contributed by atoms with Crippen molar-refractivity contribution >= 4 is 60.2 Å². The van der Waals surface area contributed by atoms with Crippen molar-refractivity contribution in [2.45, 2.75) is 0 Å². The summed E-state index contributed by atoms with van der Waals surface area (Å²) in [7, 11) is 0. The van der Waals surface area contributed by atoms with E-state index >= 15 is 0 Å². The molecule has 1 aromatic carbocycles. The van der Waals surface area contributed by atoms with E-state index in [1.54, 1.807) is 12.4 Å². The Hall–Kier alpha value is -1.18. The van der Waals surface area contributed by atoms with Gasteiger partial charge in [-0.25, -0.2) is 9.38 Å². The molecule has 0 saturated heterocycles. The second-order valence-corrected chi connectivity index (χ2v) is 5.41. The van der Waals surface area contributed by atoms with Gasteiger partial charge in [0.25, 0.3) is 5.69 Å². The number of nitro benzene ring substituents is 1. The van der Waals surface area contributed by atoms with Crippen LogP contribution in [-0.2, 0) is 0 Å². The molecule has 0 fully saturated rings. The van der Waals surface area contributed by atoms with Gasteiger partial charge in [0.1, 0.15) is 0 Å². The zero-order valence-electron chi connectivity index (χ0n) is 9.28. The van der Waals surface area contributed by atoms with Crippen LogP contribution in [0.3, 0.4) is 0 Å². The molecule has 0 atom stereocenters. The Bertz CT molecular complexity index is 603. The van der Waals surface area contributed by atoms with Crippen molar-refractivity contribution in [2.24, 2.45) is 4.99 Å².